The first kappa shape index (κ1) is 13.1. The lowest BCUT2D eigenvalue weighted by Gasteiger charge is -2.16. The monoisotopic (exact) mass is 195 g/mol. The predicted molar refractivity (Wildman–Crippen MR) is 61.1 cm³/mol. The SMILES string of the molecule is C/C=C(\C(=C/CC)CC)C(N)CC=O. The van der Waals surface area contributed by atoms with E-state index >= 15 is 0 Å². The van der Waals surface area contributed by atoms with Gasteiger partial charge in [-0.25, -0.2) is 0 Å². The highest BCUT2D eigenvalue weighted by Gasteiger charge is 2.10. The largest absolute Gasteiger partial charge is 0.324 e. The maximum absolute atomic E-state index is 10.4. The number of rotatable bonds is 6. The normalized spacial score (nSPS) is 15.4. The molecule has 0 saturated carbocycles. The van der Waals surface area contributed by atoms with Gasteiger partial charge < -0.3 is 10.5 Å². The van der Waals surface area contributed by atoms with Gasteiger partial charge in [0.1, 0.15) is 6.29 Å². The number of hydrogen-bond donors (Lipinski definition) is 1. The van der Waals surface area contributed by atoms with Crippen LogP contribution in [0.3, 0.4) is 0 Å². The molecule has 1 unspecified atom stereocenters. The van der Waals surface area contributed by atoms with Gasteiger partial charge in [-0.2, -0.15) is 0 Å². The minimum Gasteiger partial charge on any atom is -0.324 e. The summed E-state index contributed by atoms with van der Waals surface area (Å²) in [4.78, 5) is 10.4. The van der Waals surface area contributed by atoms with Crippen LogP contribution in [0, 0.1) is 0 Å². The lowest BCUT2D eigenvalue weighted by Crippen LogP contribution is -2.24. The second kappa shape index (κ2) is 7.51. The lowest BCUT2D eigenvalue weighted by atomic mass is 9.94. The summed E-state index contributed by atoms with van der Waals surface area (Å²) in [7, 11) is 0. The summed E-state index contributed by atoms with van der Waals surface area (Å²) in [6, 6.07) is -0.143. The van der Waals surface area contributed by atoms with E-state index in [2.05, 4.69) is 19.9 Å². The van der Waals surface area contributed by atoms with Crippen molar-refractivity contribution in [1.82, 2.24) is 0 Å². The van der Waals surface area contributed by atoms with E-state index < -0.39 is 0 Å². The predicted octanol–water partition coefficient (Wildman–Crippen LogP) is 2.60. The molecule has 0 saturated heterocycles. The fourth-order valence-electron chi connectivity index (χ4n) is 1.58. The second-order valence-electron chi connectivity index (χ2n) is 3.24. The molecule has 0 aromatic rings. The average Bonchev–Trinajstić information content (AvgIpc) is 2.18. The quantitative estimate of drug-likeness (QED) is 0.523. The third-order valence-corrected chi connectivity index (χ3v) is 2.26. The maximum atomic E-state index is 10.4. The van der Waals surface area contributed by atoms with Crippen LogP contribution in [0.25, 0.3) is 0 Å². The van der Waals surface area contributed by atoms with Gasteiger partial charge in [-0.15, -0.1) is 0 Å². The maximum Gasteiger partial charge on any atom is 0.121 e. The molecular weight excluding hydrogens is 174 g/mol. The van der Waals surface area contributed by atoms with Gasteiger partial charge in [0.2, 0.25) is 0 Å². The van der Waals surface area contributed by atoms with Gasteiger partial charge in [-0.3, -0.25) is 0 Å². The Labute approximate surface area is 86.9 Å². The van der Waals surface area contributed by atoms with E-state index in [1.165, 1.54) is 5.57 Å². The van der Waals surface area contributed by atoms with E-state index in [1.54, 1.807) is 0 Å². The van der Waals surface area contributed by atoms with Crippen molar-refractivity contribution in [3.05, 3.63) is 23.3 Å². The summed E-state index contributed by atoms with van der Waals surface area (Å²) in [6.45, 7) is 6.19. The second-order valence-corrected chi connectivity index (χ2v) is 3.24. The molecule has 0 amide bonds. The Morgan fingerprint density at radius 2 is 2.07 bits per heavy atom. The van der Waals surface area contributed by atoms with Gasteiger partial charge in [0, 0.05) is 12.5 Å². The van der Waals surface area contributed by atoms with Crippen LogP contribution in [0.4, 0.5) is 0 Å². The zero-order chi connectivity index (χ0) is 11.0. The zero-order valence-corrected chi connectivity index (χ0v) is 9.42. The average molecular weight is 195 g/mol. The Morgan fingerprint density at radius 1 is 1.43 bits per heavy atom. The number of carbonyl (C=O) groups is 1. The van der Waals surface area contributed by atoms with Crippen LogP contribution in [0.5, 0.6) is 0 Å². The molecule has 0 rings (SSSR count). The molecule has 0 spiro atoms. The first-order valence-corrected chi connectivity index (χ1v) is 5.25. The van der Waals surface area contributed by atoms with Crippen molar-refractivity contribution >= 4 is 6.29 Å². The van der Waals surface area contributed by atoms with E-state index in [0.29, 0.717) is 6.42 Å². The highest BCUT2D eigenvalue weighted by atomic mass is 16.1. The topological polar surface area (TPSA) is 43.1 Å². The molecule has 0 aliphatic carbocycles. The molecule has 14 heavy (non-hydrogen) atoms. The number of hydrogen-bond acceptors (Lipinski definition) is 2. The lowest BCUT2D eigenvalue weighted by molar-refractivity contribution is -0.108. The van der Waals surface area contributed by atoms with Crippen LogP contribution in [-0.2, 0) is 4.79 Å². The van der Waals surface area contributed by atoms with Crippen molar-refractivity contribution in [2.24, 2.45) is 5.73 Å². The van der Waals surface area contributed by atoms with Crippen molar-refractivity contribution in [3.63, 3.8) is 0 Å². The number of nitrogens with two attached hydrogens (primary N) is 1. The van der Waals surface area contributed by atoms with E-state index in [-0.39, 0.29) is 6.04 Å². The molecule has 1 atom stereocenters. The fraction of sp³-hybridized carbons (Fsp3) is 0.583. The van der Waals surface area contributed by atoms with Crippen molar-refractivity contribution in [3.8, 4) is 0 Å². The van der Waals surface area contributed by atoms with Crippen LogP contribution in [0.2, 0.25) is 0 Å². The van der Waals surface area contributed by atoms with Crippen LogP contribution in [0.1, 0.15) is 40.0 Å². The molecule has 0 aromatic heterocycles. The van der Waals surface area contributed by atoms with Gasteiger partial charge in [0.05, 0.1) is 0 Å². The van der Waals surface area contributed by atoms with Crippen molar-refractivity contribution in [1.29, 1.82) is 0 Å². The van der Waals surface area contributed by atoms with Crippen molar-refractivity contribution in [2.75, 3.05) is 0 Å². The molecule has 0 bridgehead atoms. The molecule has 0 aliphatic heterocycles. The fourth-order valence-corrected chi connectivity index (χ4v) is 1.58. The Balaban J connectivity index is 4.69. The molecule has 80 valence electrons. The molecule has 0 fully saturated rings. The van der Waals surface area contributed by atoms with Crippen LogP contribution >= 0.6 is 0 Å². The van der Waals surface area contributed by atoms with Crippen LogP contribution < -0.4 is 5.73 Å². The van der Waals surface area contributed by atoms with Gasteiger partial charge in [-0.1, -0.05) is 26.0 Å². The van der Waals surface area contributed by atoms with E-state index in [1.807, 2.05) is 13.0 Å². The van der Waals surface area contributed by atoms with Gasteiger partial charge in [0.25, 0.3) is 0 Å². The Kier molecular flexibility index (Phi) is 7.03. The summed E-state index contributed by atoms with van der Waals surface area (Å²) in [6.07, 6.45) is 7.46. The van der Waals surface area contributed by atoms with Crippen molar-refractivity contribution < 1.29 is 4.79 Å². The molecule has 2 nitrogen and oxygen atoms in total. The summed E-state index contributed by atoms with van der Waals surface area (Å²) in [5, 5.41) is 0. The first-order chi connectivity index (χ1) is 6.71. The third-order valence-electron chi connectivity index (χ3n) is 2.26. The summed E-state index contributed by atoms with van der Waals surface area (Å²) in [5.74, 6) is 0. The molecule has 0 radical (unpaired) electrons. The zero-order valence-electron chi connectivity index (χ0n) is 9.42. The number of aldehydes is 1. The van der Waals surface area contributed by atoms with Gasteiger partial charge >= 0.3 is 0 Å². The van der Waals surface area contributed by atoms with Gasteiger partial charge in [0.15, 0.2) is 0 Å². The molecule has 0 heterocycles. The van der Waals surface area contributed by atoms with E-state index in [9.17, 15) is 4.79 Å². The number of allylic oxidation sites excluding steroid dienone is 2. The standard InChI is InChI=1S/C12H21NO/c1-4-7-10(5-2)11(6-3)12(13)8-9-14/h6-7,9,12H,4-5,8,13H2,1-3H3/b10-7-,11-6+. The molecule has 2 N–H and O–H groups in total. The highest BCUT2D eigenvalue weighted by Crippen LogP contribution is 2.18. The number of carbonyl (C=O) groups excluding carboxylic acids is 1. The minimum atomic E-state index is -0.143. The van der Waals surface area contributed by atoms with E-state index in [0.717, 1.165) is 24.7 Å². The molecule has 2 heteroatoms. The molecule has 0 aromatic carbocycles. The van der Waals surface area contributed by atoms with Crippen molar-refractivity contribution in [2.45, 2.75) is 46.1 Å². The Hall–Kier alpha value is -0.890. The Morgan fingerprint density at radius 3 is 2.43 bits per heavy atom. The minimum absolute atomic E-state index is 0.143. The van der Waals surface area contributed by atoms with Crippen LogP contribution in [0.15, 0.2) is 23.3 Å². The summed E-state index contributed by atoms with van der Waals surface area (Å²) in [5.41, 5.74) is 8.29. The first-order valence-electron chi connectivity index (χ1n) is 5.25. The van der Waals surface area contributed by atoms with E-state index in [4.69, 9.17) is 5.73 Å². The summed E-state index contributed by atoms with van der Waals surface area (Å²) >= 11 is 0. The summed E-state index contributed by atoms with van der Waals surface area (Å²) < 4.78 is 0. The Bertz CT molecular complexity index is 228. The van der Waals surface area contributed by atoms with Gasteiger partial charge in [-0.05, 0) is 30.9 Å². The third kappa shape index (κ3) is 3.88. The van der Waals surface area contributed by atoms with Crippen LogP contribution in [-0.4, -0.2) is 12.3 Å². The molecular formula is C12H21NO. The highest BCUT2D eigenvalue weighted by molar-refractivity contribution is 5.53. The smallest absolute Gasteiger partial charge is 0.121 e. The molecule has 0 aliphatic rings.